The van der Waals surface area contributed by atoms with Gasteiger partial charge in [-0.2, -0.15) is 10.5 Å². The Morgan fingerprint density at radius 3 is 2.44 bits per heavy atom. The number of amides is 1. The summed E-state index contributed by atoms with van der Waals surface area (Å²) in [5, 5.41) is 21.6. The minimum absolute atomic E-state index is 0.0552. The third-order valence-electron chi connectivity index (χ3n) is 4.56. The highest BCUT2D eigenvalue weighted by Crippen LogP contribution is 2.28. The molecule has 7 heteroatoms. The smallest absolute Gasteiger partial charge is 0.252 e. The first-order valence-corrected chi connectivity index (χ1v) is 8.36. The van der Waals surface area contributed by atoms with Crippen molar-refractivity contribution in [3.05, 3.63) is 71.3 Å². The molecule has 1 aliphatic heterocycles. The Bertz CT molecular complexity index is 1100. The fraction of sp³-hybridized carbons (Fsp3) is 0.150. The van der Waals surface area contributed by atoms with Gasteiger partial charge in [-0.15, -0.1) is 5.10 Å². The van der Waals surface area contributed by atoms with Crippen molar-refractivity contribution in [2.45, 2.75) is 19.6 Å². The molecule has 27 heavy (non-hydrogen) atoms. The predicted octanol–water partition coefficient (Wildman–Crippen LogP) is 2.23. The second-order valence-corrected chi connectivity index (χ2v) is 6.30. The standard InChI is InChI=1S/C20H14N6O/c21-8-14-1-3-15(4-2-14)16-5-6-17-10-25(11-18(17)7-16)20(27)12-26-13-23-19(9-22)24-26/h1-7,13H,10-12H2. The molecule has 130 valence electrons. The summed E-state index contributed by atoms with van der Waals surface area (Å²) in [6.45, 7) is 1.16. The van der Waals surface area contributed by atoms with E-state index in [2.05, 4.69) is 22.2 Å². The van der Waals surface area contributed by atoms with Crippen LogP contribution in [-0.2, 0) is 24.4 Å². The van der Waals surface area contributed by atoms with Gasteiger partial charge in [-0.25, -0.2) is 9.67 Å². The van der Waals surface area contributed by atoms with E-state index < -0.39 is 0 Å². The number of rotatable bonds is 3. The highest BCUT2D eigenvalue weighted by atomic mass is 16.2. The van der Waals surface area contributed by atoms with E-state index in [1.165, 1.54) is 11.0 Å². The first-order chi connectivity index (χ1) is 13.2. The maximum absolute atomic E-state index is 12.5. The van der Waals surface area contributed by atoms with E-state index in [0.717, 1.165) is 22.3 Å². The van der Waals surface area contributed by atoms with Crippen LogP contribution in [0.25, 0.3) is 11.1 Å². The summed E-state index contributed by atoms with van der Waals surface area (Å²) in [5.74, 6) is -0.0138. The fourth-order valence-electron chi connectivity index (χ4n) is 3.15. The Morgan fingerprint density at radius 2 is 1.74 bits per heavy atom. The summed E-state index contributed by atoms with van der Waals surface area (Å²) < 4.78 is 1.38. The Hall–Kier alpha value is -3.97. The van der Waals surface area contributed by atoms with Gasteiger partial charge in [-0.1, -0.05) is 24.3 Å². The molecule has 0 saturated heterocycles. The van der Waals surface area contributed by atoms with Gasteiger partial charge in [0.25, 0.3) is 5.82 Å². The molecule has 3 aromatic rings. The third kappa shape index (κ3) is 3.26. The van der Waals surface area contributed by atoms with Crippen molar-refractivity contribution in [1.29, 1.82) is 10.5 Å². The van der Waals surface area contributed by atoms with Crippen molar-refractivity contribution in [2.24, 2.45) is 0 Å². The molecule has 7 nitrogen and oxygen atoms in total. The molecular weight excluding hydrogens is 340 g/mol. The molecule has 0 N–H and O–H groups in total. The quantitative estimate of drug-likeness (QED) is 0.718. The molecule has 2 heterocycles. The Kier molecular flexibility index (Phi) is 4.12. The topological polar surface area (TPSA) is 98.6 Å². The Balaban J connectivity index is 1.49. The van der Waals surface area contributed by atoms with Crippen molar-refractivity contribution in [1.82, 2.24) is 19.7 Å². The first-order valence-electron chi connectivity index (χ1n) is 8.36. The van der Waals surface area contributed by atoms with E-state index in [1.807, 2.05) is 30.3 Å². The minimum atomic E-state index is -0.0690. The van der Waals surface area contributed by atoms with E-state index in [4.69, 9.17) is 10.5 Å². The number of nitrogens with zero attached hydrogens (tertiary/aromatic N) is 6. The van der Waals surface area contributed by atoms with Crippen LogP contribution < -0.4 is 0 Å². The van der Waals surface area contributed by atoms with Crippen molar-refractivity contribution < 1.29 is 4.79 Å². The van der Waals surface area contributed by atoms with Crippen LogP contribution >= 0.6 is 0 Å². The summed E-state index contributed by atoms with van der Waals surface area (Å²) in [6.07, 6.45) is 1.39. The van der Waals surface area contributed by atoms with Gasteiger partial charge >= 0.3 is 0 Å². The third-order valence-corrected chi connectivity index (χ3v) is 4.56. The van der Waals surface area contributed by atoms with E-state index in [1.54, 1.807) is 17.0 Å². The van der Waals surface area contributed by atoms with Crippen molar-refractivity contribution in [3.63, 3.8) is 0 Å². The zero-order valence-electron chi connectivity index (χ0n) is 14.3. The molecule has 0 fully saturated rings. The molecule has 0 radical (unpaired) electrons. The van der Waals surface area contributed by atoms with Gasteiger partial charge in [0.05, 0.1) is 11.6 Å². The zero-order valence-corrected chi connectivity index (χ0v) is 14.3. The van der Waals surface area contributed by atoms with E-state index in [0.29, 0.717) is 18.7 Å². The lowest BCUT2D eigenvalue weighted by atomic mass is 10.00. The van der Waals surface area contributed by atoms with Crippen LogP contribution in [0, 0.1) is 22.7 Å². The van der Waals surface area contributed by atoms with Crippen LogP contribution in [0.4, 0.5) is 0 Å². The Morgan fingerprint density at radius 1 is 1.00 bits per heavy atom. The number of nitriles is 2. The molecule has 1 amide bonds. The highest BCUT2D eigenvalue weighted by molar-refractivity contribution is 5.77. The molecule has 4 rings (SSSR count). The summed E-state index contributed by atoms with van der Waals surface area (Å²) in [4.78, 5) is 18.1. The second kappa shape index (κ2) is 6.74. The molecule has 0 saturated carbocycles. The number of hydrogen-bond donors (Lipinski definition) is 0. The molecule has 1 aliphatic rings. The van der Waals surface area contributed by atoms with Crippen molar-refractivity contribution >= 4 is 5.91 Å². The minimum Gasteiger partial charge on any atom is -0.332 e. The normalized spacial score (nSPS) is 12.3. The molecule has 0 spiro atoms. The van der Waals surface area contributed by atoms with Gasteiger partial charge in [0.1, 0.15) is 18.9 Å². The van der Waals surface area contributed by atoms with Crippen LogP contribution in [0.15, 0.2) is 48.8 Å². The van der Waals surface area contributed by atoms with E-state index >= 15 is 0 Å². The summed E-state index contributed by atoms with van der Waals surface area (Å²) in [5.41, 5.74) is 4.96. The van der Waals surface area contributed by atoms with Crippen LogP contribution in [0.3, 0.4) is 0 Å². The number of carbonyl (C=O) groups is 1. The molecule has 2 aromatic carbocycles. The van der Waals surface area contributed by atoms with Gasteiger partial charge < -0.3 is 4.90 Å². The number of aromatic nitrogens is 3. The molecule has 0 unspecified atom stereocenters. The average Bonchev–Trinajstić information content (AvgIpc) is 3.34. The van der Waals surface area contributed by atoms with Gasteiger partial charge in [-0.3, -0.25) is 4.79 Å². The van der Waals surface area contributed by atoms with Gasteiger partial charge in [0.15, 0.2) is 0 Å². The van der Waals surface area contributed by atoms with Crippen LogP contribution in [0.1, 0.15) is 22.5 Å². The van der Waals surface area contributed by atoms with Crippen LogP contribution in [0.5, 0.6) is 0 Å². The van der Waals surface area contributed by atoms with Gasteiger partial charge in [-0.05, 0) is 40.5 Å². The Labute approximate surface area is 155 Å². The average molecular weight is 354 g/mol. The molecule has 0 aliphatic carbocycles. The summed E-state index contributed by atoms with van der Waals surface area (Å²) in [6, 6.07) is 17.6. The monoisotopic (exact) mass is 354 g/mol. The lowest BCUT2D eigenvalue weighted by Crippen LogP contribution is -2.29. The van der Waals surface area contributed by atoms with Crippen LogP contribution in [0.2, 0.25) is 0 Å². The maximum atomic E-state index is 12.5. The number of fused-ring (bicyclic) bond motifs is 1. The lowest BCUT2D eigenvalue weighted by Gasteiger charge is -2.14. The molecule has 0 atom stereocenters. The zero-order chi connectivity index (χ0) is 18.8. The van der Waals surface area contributed by atoms with Crippen LogP contribution in [-0.4, -0.2) is 25.6 Å². The summed E-state index contributed by atoms with van der Waals surface area (Å²) >= 11 is 0. The molecular formula is C20H14N6O. The largest absolute Gasteiger partial charge is 0.332 e. The predicted molar refractivity (Wildman–Crippen MR) is 95.6 cm³/mol. The number of carbonyl (C=O) groups excluding carboxylic acids is 1. The van der Waals surface area contributed by atoms with Crippen molar-refractivity contribution in [3.8, 4) is 23.3 Å². The van der Waals surface area contributed by atoms with Crippen molar-refractivity contribution in [2.75, 3.05) is 0 Å². The van der Waals surface area contributed by atoms with Gasteiger partial charge in [0.2, 0.25) is 5.91 Å². The maximum Gasteiger partial charge on any atom is 0.252 e. The fourth-order valence-corrected chi connectivity index (χ4v) is 3.15. The number of benzene rings is 2. The second-order valence-electron chi connectivity index (χ2n) is 6.30. The number of hydrogen-bond acceptors (Lipinski definition) is 5. The van der Waals surface area contributed by atoms with Gasteiger partial charge in [0, 0.05) is 13.1 Å². The molecule has 0 bridgehead atoms. The highest BCUT2D eigenvalue weighted by Gasteiger charge is 2.24. The lowest BCUT2D eigenvalue weighted by molar-refractivity contribution is -0.132. The SMILES string of the molecule is N#Cc1ccc(-c2ccc3c(c2)CN(C(=O)Cn2cnc(C#N)n2)C3)cc1. The summed E-state index contributed by atoms with van der Waals surface area (Å²) in [7, 11) is 0. The van der Waals surface area contributed by atoms with E-state index in [9.17, 15) is 4.79 Å². The molecule has 1 aromatic heterocycles. The van der Waals surface area contributed by atoms with E-state index in [-0.39, 0.29) is 18.3 Å². The first kappa shape index (κ1) is 16.5.